The number of furan rings is 1. The zero-order valence-corrected chi connectivity index (χ0v) is 20.6. The van der Waals surface area contributed by atoms with Crippen LogP contribution in [0, 0.1) is 0 Å². The molecule has 0 saturated heterocycles. The Morgan fingerprint density at radius 1 is 1.25 bits per heavy atom. The third-order valence-electron chi connectivity index (χ3n) is 5.59. The number of nitrogens with zero attached hydrogens (tertiary/aromatic N) is 1. The smallest absolute Gasteiger partial charge is 0.291 e. The number of anilines is 1. The van der Waals surface area contributed by atoms with E-state index in [9.17, 15) is 18.4 Å². The fourth-order valence-electron chi connectivity index (χ4n) is 3.76. The maximum atomic E-state index is 13.4. The molecule has 0 unspecified atom stereocenters. The van der Waals surface area contributed by atoms with Gasteiger partial charge < -0.3 is 20.2 Å². The average molecular weight is 552 g/mol. The summed E-state index contributed by atoms with van der Waals surface area (Å²) in [6.45, 7) is -0.0204. The second kappa shape index (κ2) is 9.68. The Balaban J connectivity index is 1.42. The topological polar surface area (TPSA) is 107 Å². The molecule has 1 saturated carbocycles. The second-order valence-electron chi connectivity index (χ2n) is 8.12. The number of rotatable bonds is 8. The Kier molecular flexibility index (Phi) is 6.59. The number of amides is 2. The Bertz CT molecular complexity index is 1500. The highest BCUT2D eigenvalue weighted by Gasteiger charge is 2.32. The van der Waals surface area contributed by atoms with Gasteiger partial charge in [-0.05, 0) is 54.7 Å². The predicted octanol–water partition coefficient (Wildman–Crippen LogP) is 6.94. The monoisotopic (exact) mass is 551 g/mol. The van der Waals surface area contributed by atoms with Gasteiger partial charge in [-0.2, -0.15) is 0 Å². The number of carbonyl (C=O) groups excluding carboxylic acids is 2. The number of thiophene rings is 1. The number of alkyl halides is 2. The molecule has 12 heteroatoms. The highest BCUT2D eigenvalue weighted by atomic mass is 35.5. The van der Waals surface area contributed by atoms with Crippen molar-refractivity contribution in [3.8, 4) is 5.75 Å². The minimum Gasteiger partial charge on any atom is -0.484 e. The first-order valence-corrected chi connectivity index (χ1v) is 12.3. The molecule has 7 nitrogen and oxygen atoms in total. The van der Waals surface area contributed by atoms with E-state index in [1.165, 1.54) is 12.1 Å². The van der Waals surface area contributed by atoms with Gasteiger partial charge in [-0.15, -0.1) is 11.3 Å². The van der Waals surface area contributed by atoms with Crippen molar-refractivity contribution in [3.63, 3.8) is 0 Å². The van der Waals surface area contributed by atoms with Crippen molar-refractivity contribution in [1.29, 1.82) is 0 Å². The molecule has 3 heterocycles. The normalized spacial score (nSPS) is 13.4. The van der Waals surface area contributed by atoms with E-state index in [0.29, 0.717) is 27.5 Å². The highest BCUT2D eigenvalue weighted by molar-refractivity contribution is 7.21. The summed E-state index contributed by atoms with van der Waals surface area (Å²) in [5.41, 5.74) is 5.91. The summed E-state index contributed by atoms with van der Waals surface area (Å²) in [7, 11) is 0. The number of aromatic nitrogens is 1. The highest BCUT2D eigenvalue weighted by Crippen LogP contribution is 2.48. The van der Waals surface area contributed by atoms with Gasteiger partial charge in [0, 0.05) is 5.39 Å². The molecule has 1 fully saturated rings. The predicted molar refractivity (Wildman–Crippen MR) is 133 cm³/mol. The number of ether oxygens (including phenoxy) is 1. The van der Waals surface area contributed by atoms with Crippen LogP contribution in [-0.2, 0) is 6.61 Å². The molecule has 0 radical (unpaired) electrons. The van der Waals surface area contributed by atoms with Gasteiger partial charge in [-0.3, -0.25) is 9.59 Å². The lowest BCUT2D eigenvalue weighted by atomic mass is 10.0. The van der Waals surface area contributed by atoms with Gasteiger partial charge in [-0.25, -0.2) is 13.8 Å². The SMILES string of the molecule is NC(=O)c1sc2nc(C(F)F)cc(C3CC3)c2c1NC(=O)c1ccc(COc2cccc(Cl)c2Cl)o1. The van der Waals surface area contributed by atoms with Crippen molar-refractivity contribution in [2.75, 3.05) is 5.32 Å². The Morgan fingerprint density at radius 2 is 2.03 bits per heavy atom. The molecule has 4 aromatic rings. The first-order chi connectivity index (χ1) is 17.2. The molecular formula is C24H17Cl2F2N3O4S. The molecule has 3 N–H and O–H groups in total. The molecule has 0 atom stereocenters. The molecule has 5 rings (SSSR count). The number of halogens is 4. The molecule has 2 amide bonds. The van der Waals surface area contributed by atoms with Crippen molar-refractivity contribution in [1.82, 2.24) is 4.98 Å². The summed E-state index contributed by atoms with van der Waals surface area (Å²) in [6, 6.07) is 9.28. The fourth-order valence-corrected chi connectivity index (χ4v) is 5.13. The molecule has 1 aliphatic carbocycles. The van der Waals surface area contributed by atoms with Crippen LogP contribution in [-0.4, -0.2) is 16.8 Å². The molecule has 1 aromatic carbocycles. The number of fused-ring (bicyclic) bond motifs is 1. The van der Waals surface area contributed by atoms with Gasteiger partial charge in [0.25, 0.3) is 18.2 Å². The number of pyridine rings is 1. The molecule has 36 heavy (non-hydrogen) atoms. The summed E-state index contributed by atoms with van der Waals surface area (Å²) < 4.78 is 38.0. The van der Waals surface area contributed by atoms with E-state index in [0.717, 1.165) is 24.2 Å². The van der Waals surface area contributed by atoms with Crippen LogP contribution < -0.4 is 15.8 Å². The van der Waals surface area contributed by atoms with Crippen LogP contribution in [0.25, 0.3) is 10.2 Å². The van der Waals surface area contributed by atoms with E-state index in [1.807, 2.05) is 0 Å². The van der Waals surface area contributed by atoms with Crippen LogP contribution in [0.2, 0.25) is 10.0 Å². The summed E-state index contributed by atoms with van der Waals surface area (Å²) in [6.07, 6.45) is -1.14. The lowest BCUT2D eigenvalue weighted by molar-refractivity contribution is 0.0992. The van der Waals surface area contributed by atoms with E-state index >= 15 is 0 Å². The minimum atomic E-state index is -2.77. The Hall–Kier alpha value is -3.21. The van der Waals surface area contributed by atoms with Crippen LogP contribution in [0.4, 0.5) is 14.5 Å². The quantitative estimate of drug-likeness (QED) is 0.246. The summed E-state index contributed by atoms with van der Waals surface area (Å²) in [4.78, 5) is 29.4. The maximum absolute atomic E-state index is 13.4. The molecule has 0 spiro atoms. The van der Waals surface area contributed by atoms with Gasteiger partial charge >= 0.3 is 0 Å². The standard InChI is InChI=1S/C24H17Cl2F2N3O4S/c25-13-2-1-3-15(18(13)26)34-9-11-6-7-16(35-11)23(33)31-19-17-12(10-4-5-10)8-14(21(27)28)30-24(17)36-20(19)22(29)32/h1-3,6-8,10,21H,4-5,9H2,(H2,29,32)(H,31,33). The van der Waals surface area contributed by atoms with Crippen LogP contribution in [0.5, 0.6) is 5.75 Å². The van der Waals surface area contributed by atoms with E-state index in [-0.39, 0.29) is 44.4 Å². The zero-order chi connectivity index (χ0) is 25.6. The van der Waals surface area contributed by atoms with Gasteiger partial charge in [0.15, 0.2) is 5.76 Å². The molecule has 186 valence electrons. The van der Waals surface area contributed by atoms with Crippen LogP contribution in [0.1, 0.15) is 62.4 Å². The second-order valence-corrected chi connectivity index (χ2v) is 9.91. The minimum absolute atomic E-state index is 0.0184. The third-order valence-corrected chi connectivity index (χ3v) is 7.49. The van der Waals surface area contributed by atoms with Crippen molar-refractivity contribution in [2.24, 2.45) is 5.73 Å². The lowest BCUT2D eigenvalue weighted by Gasteiger charge is -2.09. The number of nitrogens with one attached hydrogen (secondary N) is 1. The molecule has 3 aromatic heterocycles. The first-order valence-electron chi connectivity index (χ1n) is 10.7. The summed E-state index contributed by atoms with van der Waals surface area (Å²) in [5.74, 6) is -0.770. The molecule has 0 aliphatic heterocycles. The maximum Gasteiger partial charge on any atom is 0.291 e. The number of hydrogen-bond acceptors (Lipinski definition) is 6. The van der Waals surface area contributed by atoms with Crippen molar-refractivity contribution in [3.05, 3.63) is 74.1 Å². The molecular weight excluding hydrogens is 535 g/mol. The largest absolute Gasteiger partial charge is 0.484 e. The van der Waals surface area contributed by atoms with E-state index < -0.39 is 18.2 Å². The van der Waals surface area contributed by atoms with Crippen molar-refractivity contribution in [2.45, 2.75) is 31.8 Å². The third kappa shape index (κ3) is 4.76. The average Bonchev–Trinajstić information content (AvgIpc) is 3.46. The van der Waals surface area contributed by atoms with Crippen LogP contribution in [0.15, 0.2) is 40.8 Å². The van der Waals surface area contributed by atoms with E-state index in [4.69, 9.17) is 38.1 Å². The van der Waals surface area contributed by atoms with Crippen molar-refractivity contribution < 1.29 is 27.5 Å². The van der Waals surface area contributed by atoms with Crippen molar-refractivity contribution >= 4 is 62.3 Å². The number of hydrogen-bond donors (Lipinski definition) is 2. The number of carbonyl (C=O) groups is 2. The van der Waals surface area contributed by atoms with E-state index in [2.05, 4.69) is 10.3 Å². The van der Waals surface area contributed by atoms with Gasteiger partial charge in [-0.1, -0.05) is 29.3 Å². The zero-order valence-electron chi connectivity index (χ0n) is 18.3. The first kappa shape index (κ1) is 24.5. The Labute approximate surface area is 217 Å². The van der Waals surface area contributed by atoms with Gasteiger partial charge in [0.05, 0.1) is 10.7 Å². The number of nitrogens with two attached hydrogens (primary N) is 1. The summed E-state index contributed by atoms with van der Waals surface area (Å²) in [5, 5.41) is 3.71. The van der Waals surface area contributed by atoms with Crippen LogP contribution >= 0.6 is 34.5 Å². The molecule has 1 aliphatic rings. The van der Waals surface area contributed by atoms with E-state index in [1.54, 1.807) is 24.3 Å². The molecule has 0 bridgehead atoms. The number of primary amides is 1. The van der Waals surface area contributed by atoms with Crippen LogP contribution in [0.3, 0.4) is 0 Å². The number of benzene rings is 1. The lowest BCUT2D eigenvalue weighted by Crippen LogP contribution is -2.16. The fraction of sp³-hybridized carbons (Fsp3) is 0.208. The Morgan fingerprint density at radius 3 is 2.72 bits per heavy atom. The van der Waals surface area contributed by atoms with Gasteiger partial charge in [0.1, 0.15) is 38.5 Å². The van der Waals surface area contributed by atoms with Gasteiger partial charge in [0.2, 0.25) is 0 Å². The summed E-state index contributed by atoms with van der Waals surface area (Å²) >= 11 is 13.0.